The zero-order valence-corrected chi connectivity index (χ0v) is 12.6. The van der Waals surface area contributed by atoms with Gasteiger partial charge in [-0.15, -0.1) is 0 Å². The number of aryl methyl sites for hydroxylation is 2. The minimum atomic E-state index is 0.500. The van der Waals surface area contributed by atoms with E-state index >= 15 is 0 Å². The summed E-state index contributed by atoms with van der Waals surface area (Å²) in [5.74, 6) is 0. The van der Waals surface area contributed by atoms with Gasteiger partial charge < -0.3 is 5.32 Å². The summed E-state index contributed by atoms with van der Waals surface area (Å²) in [5, 5.41) is 8.31. The Morgan fingerprint density at radius 2 is 2.00 bits per heavy atom. The van der Waals surface area contributed by atoms with Crippen molar-refractivity contribution in [3.63, 3.8) is 0 Å². The smallest absolute Gasteiger partial charge is 0.0675 e. The van der Waals surface area contributed by atoms with Gasteiger partial charge in [-0.05, 0) is 51.3 Å². The van der Waals surface area contributed by atoms with Crippen molar-refractivity contribution in [1.29, 1.82) is 0 Å². The molecule has 0 aliphatic carbocycles. The van der Waals surface area contributed by atoms with E-state index in [1.165, 1.54) is 35.2 Å². The van der Waals surface area contributed by atoms with E-state index in [4.69, 9.17) is 5.10 Å². The van der Waals surface area contributed by atoms with E-state index in [2.05, 4.69) is 55.0 Å². The first kappa shape index (κ1) is 13.4. The number of benzene rings is 1. The fourth-order valence-electron chi connectivity index (χ4n) is 3.30. The molecule has 3 heteroatoms. The molecule has 0 radical (unpaired) electrons. The minimum Gasteiger partial charge on any atom is -0.315 e. The van der Waals surface area contributed by atoms with Crippen LogP contribution in [0.25, 0.3) is 11.1 Å². The van der Waals surface area contributed by atoms with Crippen LogP contribution in [-0.4, -0.2) is 22.9 Å². The van der Waals surface area contributed by atoms with Crippen LogP contribution in [0.2, 0.25) is 0 Å². The first-order valence-electron chi connectivity index (χ1n) is 7.51. The lowest BCUT2D eigenvalue weighted by Crippen LogP contribution is -2.32. The van der Waals surface area contributed by atoms with Gasteiger partial charge in [0.15, 0.2) is 0 Å². The van der Waals surface area contributed by atoms with E-state index in [9.17, 15) is 0 Å². The lowest BCUT2D eigenvalue weighted by molar-refractivity contribution is 0.341. The Morgan fingerprint density at radius 3 is 2.70 bits per heavy atom. The number of hydrogen-bond acceptors (Lipinski definition) is 2. The van der Waals surface area contributed by atoms with Crippen LogP contribution in [0.3, 0.4) is 0 Å². The predicted octanol–water partition coefficient (Wildman–Crippen LogP) is 3.40. The molecule has 2 heterocycles. The topological polar surface area (TPSA) is 29.9 Å². The van der Waals surface area contributed by atoms with Crippen LogP contribution in [0.5, 0.6) is 0 Å². The Morgan fingerprint density at radius 1 is 1.20 bits per heavy atom. The van der Waals surface area contributed by atoms with Gasteiger partial charge >= 0.3 is 0 Å². The van der Waals surface area contributed by atoms with Crippen LogP contribution in [-0.2, 0) is 0 Å². The number of piperidine rings is 1. The summed E-state index contributed by atoms with van der Waals surface area (Å²) < 4.78 is 2.24. The van der Waals surface area contributed by atoms with Crippen LogP contribution >= 0.6 is 0 Å². The van der Waals surface area contributed by atoms with Crippen LogP contribution in [0.1, 0.15) is 35.8 Å². The molecule has 3 nitrogen and oxygen atoms in total. The quantitative estimate of drug-likeness (QED) is 0.905. The largest absolute Gasteiger partial charge is 0.315 e. The molecule has 1 N–H and O–H groups in total. The third-order valence-electron chi connectivity index (χ3n) is 4.36. The third kappa shape index (κ3) is 2.27. The number of hydrogen-bond donors (Lipinski definition) is 1. The molecule has 2 aromatic rings. The van der Waals surface area contributed by atoms with Crippen molar-refractivity contribution >= 4 is 0 Å². The average molecular weight is 269 g/mol. The molecule has 1 atom stereocenters. The number of nitrogens with zero attached hydrogens (tertiary/aromatic N) is 2. The summed E-state index contributed by atoms with van der Waals surface area (Å²) in [4.78, 5) is 0. The summed E-state index contributed by atoms with van der Waals surface area (Å²) in [6.45, 7) is 8.68. The Kier molecular flexibility index (Phi) is 3.62. The summed E-state index contributed by atoms with van der Waals surface area (Å²) in [6, 6.07) is 9.09. The van der Waals surface area contributed by atoms with Gasteiger partial charge in [-0.25, -0.2) is 0 Å². The maximum atomic E-state index is 4.83. The second-order valence-corrected chi connectivity index (χ2v) is 5.81. The molecular weight excluding hydrogens is 246 g/mol. The molecule has 1 aromatic carbocycles. The molecule has 20 heavy (non-hydrogen) atoms. The summed E-state index contributed by atoms with van der Waals surface area (Å²) >= 11 is 0. The first-order chi connectivity index (χ1) is 9.68. The number of aromatic nitrogens is 2. The zero-order chi connectivity index (χ0) is 14.1. The van der Waals surface area contributed by atoms with Gasteiger partial charge in [0.05, 0.1) is 11.7 Å². The van der Waals surface area contributed by atoms with E-state index in [0.717, 1.165) is 18.8 Å². The Labute approximate surface area is 121 Å². The van der Waals surface area contributed by atoms with Crippen molar-refractivity contribution < 1.29 is 0 Å². The highest BCUT2D eigenvalue weighted by Gasteiger charge is 2.21. The highest BCUT2D eigenvalue weighted by Crippen LogP contribution is 2.31. The molecule has 0 amide bonds. The Balaban J connectivity index is 2.05. The second-order valence-electron chi connectivity index (χ2n) is 5.81. The third-order valence-corrected chi connectivity index (χ3v) is 4.36. The summed E-state index contributed by atoms with van der Waals surface area (Å²) in [6.07, 6.45) is 2.46. The van der Waals surface area contributed by atoms with Gasteiger partial charge in [0.25, 0.3) is 0 Å². The van der Waals surface area contributed by atoms with E-state index in [1.807, 2.05) is 0 Å². The van der Waals surface area contributed by atoms with Gasteiger partial charge in [-0.1, -0.05) is 24.3 Å². The summed E-state index contributed by atoms with van der Waals surface area (Å²) in [7, 11) is 0. The SMILES string of the molecule is Cc1ccccc1-c1c(C)nn(C2CCCNC2)c1C. The predicted molar refractivity (Wildman–Crippen MR) is 83.0 cm³/mol. The molecule has 1 fully saturated rings. The van der Waals surface area contributed by atoms with Crippen molar-refractivity contribution in [2.24, 2.45) is 0 Å². The van der Waals surface area contributed by atoms with Gasteiger partial charge in [-0.2, -0.15) is 5.10 Å². The lowest BCUT2D eigenvalue weighted by atomic mass is 9.99. The van der Waals surface area contributed by atoms with Crippen LogP contribution < -0.4 is 5.32 Å². The first-order valence-corrected chi connectivity index (χ1v) is 7.51. The van der Waals surface area contributed by atoms with Crippen molar-refractivity contribution in [1.82, 2.24) is 15.1 Å². The maximum Gasteiger partial charge on any atom is 0.0675 e. The zero-order valence-electron chi connectivity index (χ0n) is 12.6. The fraction of sp³-hybridized carbons (Fsp3) is 0.471. The Bertz CT molecular complexity index is 607. The van der Waals surface area contributed by atoms with E-state index in [-0.39, 0.29) is 0 Å². The second kappa shape index (κ2) is 5.41. The molecule has 1 aliphatic rings. The van der Waals surface area contributed by atoms with Crippen molar-refractivity contribution in [3.05, 3.63) is 41.2 Å². The molecule has 1 aliphatic heterocycles. The normalized spacial score (nSPS) is 19.2. The Hall–Kier alpha value is -1.61. The molecule has 1 saturated heterocycles. The van der Waals surface area contributed by atoms with E-state index in [0.29, 0.717) is 6.04 Å². The molecule has 106 valence electrons. The van der Waals surface area contributed by atoms with Crippen molar-refractivity contribution in [2.45, 2.75) is 39.7 Å². The lowest BCUT2D eigenvalue weighted by Gasteiger charge is -2.24. The highest BCUT2D eigenvalue weighted by atomic mass is 15.3. The maximum absolute atomic E-state index is 4.83. The van der Waals surface area contributed by atoms with Crippen LogP contribution in [0.15, 0.2) is 24.3 Å². The minimum absolute atomic E-state index is 0.500. The van der Waals surface area contributed by atoms with Gasteiger partial charge in [-0.3, -0.25) is 4.68 Å². The molecular formula is C17H23N3. The molecule has 0 bridgehead atoms. The fourth-order valence-corrected chi connectivity index (χ4v) is 3.30. The van der Waals surface area contributed by atoms with Crippen molar-refractivity contribution in [3.8, 4) is 11.1 Å². The van der Waals surface area contributed by atoms with Crippen molar-refractivity contribution in [2.75, 3.05) is 13.1 Å². The molecule has 1 unspecified atom stereocenters. The molecule has 0 spiro atoms. The van der Waals surface area contributed by atoms with Gasteiger partial charge in [0.2, 0.25) is 0 Å². The van der Waals surface area contributed by atoms with E-state index < -0.39 is 0 Å². The van der Waals surface area contributed by atoms with Crippen LogP contribution in [0.4, 0.5) is 0 Å². The molecule has 1 aromatic heterocycles. The van der Waals surface area contributed by atoms with E-state index in [1.54, 1.807) is 0 Å². The van der Waals surface area contributed by atoms with Crippen LogP contribution in [0, 0.1) is 20.8 Å². The highest BCUT2D eigenvalue weighted by molar-refractivity contribution is 5.71. The average Bonchev–Trinajstić information content (AvgIpc) is 2.76. The van der Waals surface area contributed by atoms with Gasteiger partial charge in [0, 0.05) is 17.8 Å². The summed E-state index contributed by atoms with van der Waals surface area (Å²) in [5.41, 5.74) is 6.39. The standard InChI is InChI=1S/C17H23N3/c1-12-7-4-5-9-16(12)17-13(2)19-20(14(17)3)15-8-6-10-18-11-15/h4-5,7,9,15,18H,6,8,10-11H2,1-3H3. The number of rotatable bonds is 2. The molecule has 0 saturated carbocycles. The monoisotopic (exact) mass is 269 g/mol. The van der Waals surface area contributed by atoms with Gasteiger partial charge in [0.1, 0.15) is 0 Å². The number of nitrogens with one attached hydrogen (secondary N) is 1. The molecule has 3 rings (SSSR count).